The zero-order chi connectivity index (χ0) is 19.2. The first-order chi connectivity index (χ1) is 13.1. The summed E-state index contributed by atoms with van der Waals surface area (Å²) in [4.78, 5) is 49.3. The van der Waals surface area contributed by atoms with Crippen molar-refractivity contribution in [1.82, 2.24) is 10.2 Å². The maximum absolute atomic E-state index is 12.2. The van der Waals surface area contributed by atoms with Crippen LogP contribution in [0.1, 0.15) is 65.7 Å². The number of esters is 1. The highest BCUT2D eigenvalue weighted by Crippen LogP contribution is 2.22. The van der Waals surface area contributed by atoms with Crippen molar-refractivity contribution in [3.8, 4) is 0 Å². The van der Waals surface area contributed by atoms with E-state index in [1.807, 2.05) is 0 Å². The Morgan fingerprint density at radius 3 is 2.11 bits per heavy atom. The molecule has 0 aromatic heterocycles. The van der Waals surface area contributed by atoms with Crippen molar-refractivity contribution in [2.75, 3.05) is 13.2 Å². The smallest absolute Gasteiger partial charge is 0.326 e. The topological polar surface area (TPSA) is 92.8 Å². The summed E-state index contributed by atoms with van der Waals surface area (Å²) in [5, 5.41) is 2.90. The molecular weight excluding hydrogens is 348 g/mol. The lowest BCUT2D eigenvalue weighted by Crippen LogP contribution is -2.40. The second kappa shape index (κ2) is 8.79. The van der Waals surface area contributed by atoms with Gasteiger partial charge in [0.15, 0.2) is 6.61 Å². The molecule has 144 valence electrons. The molecule has 1 aromatic rings. The summed E-state index contributed by atoms with van der Waals surface area (Å²) < 4.78 is 4.96. The number of hydrogen-bond acceptors (Lipinski definition) is 5. The number of benzene rings is 1. The number of nitrogens with zero attached hydrogens (tertiary/aromatic N) is 1. The maximum atomic E-state index is 12.2. The summed E-state index contributed by atoms with van der Waals surface area (Å²) in [5.74, 6) is -2.17. The minimum atomic E-state index is -0.780. The molecule has 0 spiro atoms. The van der Waals surface area contributed by atoms with Crippen LogP contribution in [0.2, 0.25) is 0 Å². The molecule has 0 saturated heterocycles. The van der Waals surface area contributed by atoms with Gasteiger partial charge in [0, 0.05) is 6.04 Å². The van der Waals surface area contributed by atoms with Gasteiger partial charge in [-0.1, -0.05) is 44.2 Å². The quantitative estimate of drug-likeness (QED) is 0.631. The molecule has 7 nitrogen and oxygen atoms in total. The van der Waals surface area contributed by atoms with E-state index >= 15 is 0 Å². The number of nitrogens with one attached hydrogen (secondary N) is 1. The van der Waals surface area contributed by atoms with Crippen LogP contribution in [-0.2, 0) is 14.3 Å². The van der Waals surface area contributed by atoms with E-state index in [1.54, 1.807) is 24.3 Å². The van der Waals surface area contributed by atoms with Gasteiger partial charge in [-0.2, -0.15) is 0 Å². The van der Waals surface area contributed by atoms with Gasteiger partial charge in [0.25, 0.3) is 17.7 Å². The highest BCUT2D eigenvalue weighted by molar-refractivity contribution is 6.22. The monoisotopic (exact) mass is 372 g/mol. The van der Waals surface area contributed by atoms with Gasteiger partial charge in [0.05, 0.1) is 11.1 Å². The zero-order valence-electron chi connectivity index (χ0n) is 15.2. The van der Waals surface area contributed by atoms with Crippen molar-refractivity contribution in [3.63, 3.8) is 0 Å². The molecule has 3 rings (SSSR count). The molecule has 0 unspecified atom stereocenters. The van der Waals surface area contributed by atoms with Crippen LogP contribution in [0.15, 0.2) is 24.3 Å². The lowest BCUT2D eigenvalue weighted by molar-refractivity contribution is -0.148. The van der Waals surface area contributed by atoms with Crippen molar-refractivity contribution in [2.45, 2.75) is 51.0 Å². The average Bonchev–Trinajstić information content (AvgIpc) is 2.87. The van der Waals surface area contributed by atoms with Crippen LogP contribution in [0.25, 0.3) is 0 Å². The minimum Gasteiger partial charge on any atom is -0.454 e. The van der Waals surface area contributed by atoms with Crippen LogP contribution in [0.3, 0.4) is 0 Å². The van der Waals surface area contributed by atoms with Gasteiger partial charge in [0.1, 0.15) is 6.54 Å². The second-order valence-corrected chi connectivity index (χ2v) is 7.01. The number of hydrogen-bond donors (Lipinski definition) is 1. The Bertz CT molecular complexity index is 703. The van der Waals surface area contributed by atoms with Crippen molar-refractivity contribution >= 4 is 23.7 Å². The Balaban J connectivity index is 1.45. The molecule has 1 N–H and O–H groups in total. The van der Waals surface area contributed by atoms with Crippen molar-refractivity contribution < 1.29 is 23.9 Å². The molecule has 27 heavy (non-hydrogen) atoms. The number of rotatable bonds is 5. The van der Waals surface area contributed by atoms with E-state index in [2.05, 4.69) is 5.32 Å². The first-order valence-electron chi connectivity index (χ1n) is 9.46. The molecule has 1 aromatic carbocycles. The lowest BCUT2D eigenvalue weighted by Gasteiger charge is -2.21. The predicted octanol–water partition coefficient (Wildman–Crippen LogP) is 2.05. The van der Waals surface area contributed by atoms with Crippen molar-refractivity contribution in [1.29, 1.82) is 0 Å². The van der Waals surface area contributed by atoms with E-state index in [4.69, 9.17) is 4.74 Å². The fraction of sp³-hybridized carbons (Fsp3) is 0.500. The molecule has 1 aliphatic carbocycles. The summed E-state index contributed by atoms with van der Waals surface area (Å²) in [6, 6.07) is 6.52. The summed E-state index contributed by atoms with van der Waals surface area (Å²) in [6.07, 6.45) is 7.66. The highest BCUT2D eigenvalue weighted by atomic mass is 16.5. The summed E-state index contributed by atoms with van der Waals surface area (Å²) >= 11 is 0. The number of fused-ring (bicyclic) bond motifs is 1. The molecule has 2 aliphatic rings. The molecule has 3 amide bonds. The first-order valence-corrected chi connectivity index (χ1v) is 9.46. The van der Waals surface area contributed by atoms with Crippen molar-refractivity contribution in [3.05, 3.63) is 35.4 Å². The van der Waals surface area contributed by atoms with E-state index in [-0.39, 0.29) is 23.1 Å². The molecule has 7 heteroatoms. The van der Waals surface area contributed by atoms with Gasteiger partial charge in [-0.25, -0.2) is 0 Å². The molecule has 1 heterocycles. The lowest BCUT2D eigenvalue weighted by atomic mass is 9.97. The van der Waals surface area contributed by atoms with Gasteiger partial charge in [-0.3, -0.25) is 24.1 Å². The Hall–Kier alpha value is -2.70. The van der Waals surface area contributed by atoms with Crippen LogP contribution in [0.4, 0.5) is 0 Å². The molecule has 0 atom stereocenters. The van der Waals surface area contributed by atoms with E-state index in [9.17, 15) is 19.2 Å². The number of imide groups is 1. The summed E-state index contributed by atoms with van der Waals surface area (Å²) in [6.45, 7) is -0.901. The van der Waals surface area contributed by atoms with Gasteiger partial charge in [-0.15, -0.1) is 0 Å². The normalized spacial score (nSPS) is 17.9. The highest BCUT2D eigenvalue weighted by Gasteiger charge is 2.36. The summed E-state index contributed by atoms with van der Waals surface area (Å²) in [5.41, 5.74) is 0.551. The van der Waals surface area contributed by atoms with Crippen LogP contribution >= 0.6 is 0 Å². The zero-order valence-corrected chi connectivity index (χ0v) is 15.2. The van der Waals surface area contributed by atoms with Gasteiger partial charge >= 0.3 is 5.97 Å². The molecule has 1 fully saturated rings. The van der Waals surface area contributed by atoms with Crippen LogP contribution in [0, 0.1) is 0 Å². The van der Waals surface area contributed by atoms with Crippen LogP contribution in [-0.4, -0.2) is 47.8 Å². The molecule has 1 saturated carbocycles. The molecule has 0 radical (unpaired) electrons. The average molecular weight is 372 g/mol. The standard InChI is InChI=1S/C20H24N2O5/c23-17(21-14-8-4-2-1-3-5-9-14)13-27-18(24)12-22-19(25)15-10-6-7-11-16(15)20(22)26/h6-7,10-11,14H,1-5,8-9,12-13H2,(H,21,23). The van der Waals surface area contributed by atoms with E-state index in [0.29, 0.717) is 0 Å². The number of carbonyl (C=O) groups is 4. The fourth-order valence-electron chi connectivity index (χ4n) is 3.57. The third-order valence-corrected chi connectivity index (χ3v) is 5.00. The van der Waals surface area contributed by atoms with Gasteiger partial charge in [0.2, 0.25) is 0 Å². The third kappa shape index (κ3) is 4.72. The molecule has 1 aliphatic heterocycles. The van der Waals surface area contributed by atoms with Crippen LogP contribution in [0.5, 0.6) is 0 Å². The molecule has 0 bridgehead atoms. The van der Waals surface area contributed by atoms with Gasteiger partial charge in [-0.05, 0) is 25.0 Å². The Labute approximate surface area is 158 Å². The predicted molar refractivity (Wildman–Crippen MR) is 97.0 cm³/mol. The van der Waals surface area contributed by atoms with E-state index < -0.39 is 30.9 Å². The second-order valence-electron chi connectivity index (χ2n) is 7.01. The number of carbonyl (C=O) groups excluding carboxylic acids is 4. The maximum Gasteiger partial charge on any atom is 0.326 e. The number of ether oxygens (including phenoxy) is 1. The summed E-state index contributed by atoms with van der Waals surface area (Å²) in [7, 11) is 0. The van der Waals surface area contributed by atoms with Crippen LogP contribution < -0.4 is 5.32 Å². The third-order valence-electron chi connectivity index (χ3n) is 5.00. The Morgan fingerprint density at radius 2 is 1.52 bits per heavy atom. The largest absolute Gasteiger partial charge is 0.454 e. The van der Waals surface area contributed by atoms with Crippen molar-refractivity contribution in [2.24, 2.45) is 0 Å². The molecular formula is C20H24N2O5. The SMILES string of the molecule is O=C(COC(=O)CN1C(=O)c2ccccc2C1=O)NC1CCCCCCC1. The van der Waals surface area contributed by atoms with Gasteiger partial charge < -0.3 is 10.1 Å². The Morgan fingerprint density at radius 1 is 0.963 bits per heavy atom. The van der Waals surface area contributed by atoms with E-state index in [1.165, 1.54) is 19.3 Å². The fourth-order valence-corrected chi connectivity index (χ4v) is 3.57. The minimum absolute atomic E-state index is 0.118. The van der Waals surface area contributed by atoms with E-state index in [0.717, 1.165) is 30.6 Å². The first kappa shape index (κ1) is 19.1. The Kier molecular flexibility index (Phi) is 6.21. The number of amides is 3.